The van der Waals surface area contributed by atoms with E-state index in [2.05, 4.69) is 80.5 Å². The molecular formula is C30H31BrN4O2. The van der Waals surface area contributed by atoms with E-state index in [1.807, 2.05) is 42.5 Å². The quantitative estimate of drug-likeness (QED) is 0.291. The van der Waals surface area contributed by atoms with Crippen LogP contribution in [0.4, 0.5) is 0 Å². The lowest BCUT2D eigenvalue weighted by Crippen LogP contribution is -2.41. The van der Waals surface area contributed by atoms with Crippen molar-refractivity contribution in [3.05, 3.63) is 105 Å². The second-order valence-electron chi connectivity index (χ2n) is 9.78. The van der Waals surface area contributed by atoms with Gasteiger partial charge in [-0.25, -0.2) is 0 Å². The molecule has 0 saturated carbocycles. The van der Waals surface area contributed by atoms with E-state index in [4.69, 9.17) is 4.52 Å². The van der Waals surface area contributed by atoms with E-state index >= 15 is 0 Å². The molecule has 6 nitrogen and oxygen atoms in total. The van der Waals surface area contributed by atoms with Crippen molar-refractivity contribution in [3.8, 4) is 11.4 Å². The molecule has 4 aromatic rings. The Labute approximate surface area is 226 Å². The second kappa shape index (κ2) is 11.4. The maximum atomic E-state index is 13.4. The monoisotopic (exact) mass is 558 g/mol. The van der Waals surface area contributed by atoms with Crippen LogP contribution >= 0.6 is 15.9 Å². The van der Waals surface area contributed by atoms with Crippen LogP contribution in [0.2, 0.25) is 0 Å². The van der Waals surface area contributed by atoms with E-state index in [1.165, 1.54) is 11.1 Å². The third-order valence-corrected chi connectivity index (χ3v) is 7.52. The highest BCUT2D eigenvalue weighted by atomic mass is 79.9. The van der Waals surface area contributed by atoms with Gasteiger partial charge in [-0.2, -0.15) is 4.98 Å². The van der Waals surface area contributed by atoms with E-state index in [1.54, 1.807) is 0 Å². The van der Waals surface area contributed by atoms with Gasteiger partial charge in [-0.3, -0.25) is 9.69 Å². The largest absolute Gasteiger partial charge is 0.345 e. The maximum Gasteiger partial charge on any atom is 0.241 e. The first-order valence-corrected chi connectivity index (χ1v) is 13.5. The molecule has 0 radical (unpaired) electrons. The first kappa shape index (κ1) is 25.4. The van der Waals surface area contributed by atoms with Gasteiger partial charge in [0, 0.05) is 16.0 Å². The van der Waals surface area contributed by atoms with Crippen LogP contribution in [-0.2, 0) is 11.3 Å². The van der Waals surface area contributed by atoms with Gasteiger partial charge in [-0.1, -0.05) is 87.3 Å². The van der Waals surface area contributed by atoms with E-state index in [9.17, 15) is 4.79 Å². The third kappa shape index (κ3) is 6.17. The highest BCUT2D eigenvalue weighted by molar-refractivity contribution is 9.10. The van der Waals surface area contributed by atoms with E-state index in [-0.39, 0.29) is 17.9 Å². The molecule has 7 heteroatoms. The minimum atomic E-state index is -0.165. The van der Waals surface area contributed by atoms with Crippen LogP contribution in [0.3, 0.4) is 0 Å². The van der Waals surface area contributed by atoms with Crippen molar-refractivity contribution < 1.29 is 9.32 Å². The summed E-state index contributed by atoms with van der Waals surface area (Å²) in [7, 11) is 0. The van der Waals surface area contributed by atoms with Crippen molar-refractivity contribution in [2.45, 2.75) is 39.3 Å². The summed E-state index contributed by atoms with van der Waals surface area (Å²) in [5.41, 5.74) is 5.55. The molecule has 1 amide bonds. The first-order chi connectivity index (χ1) is 18.0. The van der Waals surface area contributed by atoms with E-state index < -0.39 is 0 Å². The number of nitrogens with one attached hydrogen (secondary N) is 1. The third-order valence-electron chi connectivity index (χ3n) is 7.02. The minimum Gasteiger partial charge on any atom is -0.345 e. The Morgan fingerprint density at radius 2 is 1.84 bits per heavy atom. The van der Waals surface area contributed by atoms with Gasteiger partial charge in [0.1, 0.15) is 0 Å². The Morgan fingerprint density at radius 3 is 2.57 bits per heavy atom. The number of halogens is 1. The Hall–Kier alpha value is -3.29. The van der Waals surface area contributed by atoms with Crippen molar-refractivity contribution in [3.63, 3.8) is 0 Å². The van der Waals surface area contributed by atoms with Gasteiger partial charge in [0.05, 0.1) is 12.6 Å². The molecule has 1 aromatic heterocycles. The fourth-order valence-electron chi connectivity index (χ4n) is 5.00. The van der Waals surface area contributed by atoms with Crippen LogP contribution in [-0.4, -0.2) is 34.0 Å². The summed E-state index contributed by atoms with van der Waals surface area (Å²) in [4.78, 5) is 20.3. The molecule has 1 fully saturated rings. The first-order valence-electron chi connectivity index (χ1n) is 12.7. The van der Waals surface area contributed by atoms with Gasteiger partial charge in [0.2, 0.25) is 17.6 Å². The van der Waals surface area contributed by atoms with E-state index in [0.717, 1.165) is 47.1 Å². The maximum absolute atomic E-state index is 13.4. The lowest BCUT2D eigenvalue weighted by molar-refractivity contribution is -0.127. The van der Waals surface area contributed by atoms with Crippen LogP contribution < -0.4 is 5.32 Å². The zero-order valence-electron chi connectivity index (χ0n) is 21.2. The molecule has 1 saturated heterocycles. The Bertz CT molecular complexity index is 1360. The summed E-state index contributed by atoms with van der Waals surface area (Å²) < 4.78 is 6.48. The second-order valence-corrected chi connectivity index (χ2v) is 10.7. The predicted octanol–water partition coefficient (Wildman–Crippen LogP) is 6.23. The number of benzene rings is 3. The molecule has 1 N–H and O–H groups in total. The number of piperidine rings is 1. The molecule has 0 spiro atoms. The number of hydrogen-bond donors (Lipinski definition) is 1. The average Bonchev–Trinajstić information content (AvgIpc) is 3.37. The SMILES string of the molecule is Cc1ccc(C(NC(=O)C2CCN(Cc3nc(-c4cccc(Br)c4)no3)CC2)c2ccccc2)c(C)c1. The molecule has 1 unspecified atom stereocenters. The van der Waals surface area contributed by atoms with Gasteiger partial charge >= 0.3 is 0 Å². The number of carbonyl (C=O) groups is 1. The summed E-state index contributed by atoms with van der Waals surface area (Å²) in [6.45, 7) is 6.42. The van der Waals surface area contributed by atoms with Crippen molar-refractivity contribution in [1.29, 1.82) is 0 Å². The number of amides is 1. The van der Waals surface area contributed by atoms with Crippen molar-refractivity contribution in [2.75, 3.05) is 13.1 Å². The van der Waals surface area contributed by atoms with Gasteiger partial charge in [0.25, 0.3) is 0 Å². The summed E-state index contributed by atoms with van der Waals surface area (Å²) in [5, 5.41) is 7.51. The molecule has 2 heterocycles. The molecular weight excluding hydrogens is 528 g/mol. The smallest absolute Gasteiger partial charge is 0.241 e. The zero-order chi connectivity index (χ0) is 25.8. The summed E-state index contributed by atoms with van der Waals surface area (Å²) in [6, 6.07) is 24.3. The van der Waals surface area contributed by atoms with E-state index in [0.29, 0.717) is 18.3 Å². The molecule has 190 valence electrons. The highest BCUT2D eigenvalue weighted by Crippen LogP contribution is 2.28. The Balaban J connectivity index is 1.21. The zero-order valence-corrected chi connectivity index (χ0v) is 22.7. The number of hydrogen-bond acceptors (Lipinski definition) is 5. The predicted molar refractivity (Wildman–Crippen MR) is 148 cm³/mol. The lowest BCUT2D eigenvalue weighted by Gasteiger charge is -2.31. The normalized spacial score (nSPS) is 15.4. The Morgan fingerprint density at radius 1 is 1.05 bits per heavy atom. The summed E-state index contributed by atoms with van der Waals surface area (Å²) >= 11 is 3.48. The lowest BCUT2D eigenvalue weighted by atomic mass is 9.91. The number of aromatic nitrogens is 2. The summed E-state index contributed by atoms with van der Waals surface area (Å²) in [6.07, 6.45) is 1.60. The molecule has 0 aliphatic carbocycles. The number of nitrogens with zero attached hydrogens (tertiary/aromatic N) is 3. The van der Waals surface area contributed by atoms with Gasteiger partial charge < -0.3 is 9.84 Å². The van der Waals surface area contributed by atoms with Crippen LogP contribution in [0.15, 0.2) is 81.8 Å². The van der Waals surface area contributed by atoms with Crippen LogP contribution in [0, 0.1) is 19.8 Å². The minimum absolute atomic E-state index is 0.0202. The topological polar surface area (TPSA) is 71.3 Å². The van der Waals surface area contributed by atoms with Gasteiger partial charge in [-0.05, 0) is 68.6 Å². The van der Waals surface area contributed by atoms with Crippen LogP contribution in [0.25, 0.3) is 11.4 Å². The molecule has 1 aliphatic heterocycles. The highest BCUT2D eigenvalue weighted by Gasteiger charge is 2.28. The fourth-order valence-corrected chi connectivity index (χ4v) is 5.40. The van der Waals surface area contributed by atoms with Gasteiger partial charge in [-0.15, -0.1) is 0 Å². The van der Waals surface area contributed by atoms with Crippen molar-refractivity contribution in [2.24, 2.45) is 5.92 Å². The molecule has 1 aliphatic rings. The average molecular weight is 560 g/mol. The molecule has 5 rings (SSSR count). The number of carbonyl (C=O) groups excluding carboxylic acids is 1. The molecule has 37 heavy (non-hydrogen) atoms. The number of aryl methyl sites for hydroxylation is 2. The fraction of sp³-hybridized carbons (Fsp3) is 0.300. The van der Waals surface area contributed by atoms with Crippen molar-refractivity contribution >= 4 is 21.8 Å². The molecule has 3 aromatic carbocycles. The number of rotatable bonds is 7. The molecule has 1 atom stereocenters. The van der Waals surface area contributed by atoms with Crippen LogP contribution in [0.1, 0.15) is 47.0 Å². The Kier molecular flexibility index (Phi) is 7.82. The molecule has 0 bridgehead atoms. The standard InChI is InChI=1S/C30H31BrN4O2/c1-20-11-12-26(21(2)17-20)28(22-7-4-3-5-8-22)33-30(36)23-13-15-35(16-14-23)19-27-32-29(34-37-27)24-9-6-10-25(31)18-24/h3-12,17-18,23,28H,13-16,19H2,1-2H3,(H,33,36). The van der Waals surface area contributed by atoms with Gasteiger partial charge in [0.15, 0.2) is 0 Å². The summed E-state index contributed by atoms with van der Waals surface area (Å²) in [5.74, 6) is 1.28. The van der Waals surface area contributed by atoms with Crippen molar-refractivity contribution in [1.82, 2.24) is 20.4 Å². The number of likely N-dealkylation sites (tertiary alicyclic amines) is 1. The van der Waals surface area contributed by atoms with Crippen LogP contribution in [0.5, 0.6) is 0 Å².